The minimum Gasteiger partial charge on any atom is -0.496 e. The molecule has 4 heteroatoms. The molecule has 0 spiro atoms. The lowest BCUT2D eigenvalue weighted by Crippen LogP contribution is -2.22. The summed E-state index contributed by atoms with van der Waals surface area (Å²) in [5, 5.41) is 9.07. The van der Waals surface area contributed by atoms with E-state index in [1.54, 1.807) is 7.11 Å². The van der Waals surface area contributed by atoms with Crippen LogP contribution >= 0.6 is 0 Å². The number of ether oxygens (including phenoxy) is 1. The molecular formula is C19H21NO3. The van der Waals surface area contributed by atoms with Gasteiger partial charge in [-0.25, -0.2) is 0 Å². The summed E-state index contributed by atoms with van der Waals surface area (Å²) in [5.41, 5.74) is 3.40. The third-order valence-corrected chi connectivity index (χ3v) is 4.40. The van der Waals surface area contributed by atoms with Crippen molar-refractivity contribution in [2.24, 2.45) is 5.92 Å². The third-order valence-electron chi connectivity index (χ3n) is 4.40. The Bertz CT molecular complexity index is 681. The van der Waals surface area contributed by atoms with Gasteiger partial charge in [0.15, 0.2) is 0 Å². The lowest BCUT2D eigenvalue weighted by Gasteiger charge is -2.15. The molecule has 0 amide bonds. The molecule has 1 atom stereocenters. The molecule has 0 bridgehead atoms. The lowest BCUT2D eigenvalue weighted by molar-refractivity contribution is -0.141. The van der Waals surface area contributed by atoms with Gasteiger partial charge in [0, 0.05) is 18.7 Å². The highest BCUT2D eigenvalue weighted by Crippen LogP contribution is 2.30. The minimum absolute atomic E-state index is 0.220. The molecule has 1 heterocycles. The van der Waals surface area contributed by atoms with Gasteiger partial charge in [0.05, 0.1) is 13.0 Å². The van der Waals surface area contributed by atoms with Crippen LogP contribution < -0.4 is 4.74 Å². The van der Waals surface area contributed by atoms with E-state index in [0.717, 1.165) is 36.4 Å². The average molecular weight is 311 g/mol. The summed E-state index contributed by atoms with van der Waals surface area (Å²) < 4.78 is 5.41. The van der Waals surface area contributed by atoms with E-state index in [-0.39, 0.29) is 5.92 Å². The number of benzene rings is 2. The van der Waals surface area contributed by atoms with Gasteiger partial charge in [-0.1, -0.05) is 42.5 Å². The van der Waals surface area contributed by atoms with E-state index in [1.165, 1.54) is 5.56 Å². The summed E-state index contributed by atoms with van der Waals surface area (Å²) in [6.45, 7) is 2.30. The van der Waals surface area contributed by atoms with E-state index >= 15 is 0 Å². The van der Waals surface area contributed by atoms with Crippen molar-refractivity contribution < 1.29 is 14.6 Å². The predicted octanol–water partition coefficient (Wildman–Crippen LogP) is 3.27. The van der Waals surface area contributed by atoms with Gasteiger partial charge in [-0.3, -0.25) is 9.69 Å². The second-order valence-corrected chi connectivity index (χ2v) is 5.96. The molecule has 1 unspecified atom stereocenters. The van der Waals surface area contributed by atoms with Crippen molar-refractivity contribution in [1.82, 2.24) is 4.90 Å². The molecular weight excluding hydrogens is 290 g/mol. The van der Waals surface area contributed by atoms with Crippen LogP contribution in [0.3, 0.4) is 0 Å². The number of rotatable bonds is 5. The van der Waals surface area contributed by atoms with Crippen LogP contribution in [0.5, 0.6) is 5.75 Å². The van der Waals surface area contributed by atoms with Crippen LogP contribution in [0.4, 0.5) is 0 Å². The van der Waals surface area contributed by atoms with E-state index < -0.39 is 5.97 Å². The fourth-order valence-electron chi connectivity index (χ4n) is 3.11. The summed E-state index contributed by atoms with van der Waals surface area (Å²) in [7, 11) is 1.68. The average Bonchev–Trinajstić information content (AvgIpc) is 3.04. The van der Waals surface area contributed by atoms with Gasteiger partial charge in [-0.15, -0.1) is 0 Å². The van der Waals surface area contributed by atoms with Crippen LogP contribution in [0.15, 0.2) is 48.5 Å². The summed E-state index contributed by atoms with van der Waals surface area (Å²) in [6.07, 6.45) is 0.745. The molecule has 0 saturated carbocycles. The van der Waals surface area contributed by atoms with E-state index in [4.69, 9.17) is 9.84 Å². The molecule has 0 aliphatic carbocycles. The Morgan fingerprint density at radius 1 is 1.22 bits per heavy atom. The van der Waals surface area contributed by atoms with Crippen molar-refractivity contribution in [3.05, 3.63) is 54.1 Å². The first-order chi connectivity index (χ1) is 11.2. The Kier molecular flexibility index (Phi) is 4.63. The number of aliphatic carboxylic acids is 1. The topological polar surface area (TPSA) is 49.8 Å². The van der Waals surface area contributed by atoms with Crippen molar-refractivity contribution >= 4 is 5.97 Å². The number of nitrogens with zero attached hydrogens (tertiary/aromatic N) is 1. The van der Waals surface area contributed by atoms with Crippen LogP contribution in [-0.2, 0) is 11.3 Å². The van der Waals surface area contributed by atoms with Crippen LogP contribution in [0, 0.1) is 5.92 Å². The molecule has 120 valence electrons. The largest absolute Gasteiger partial charge is 0.496 e. The Morgan fingerprint density at radius 3 is 2.61 bits per heavy atom. The SMILES string of the molecule is COc1ccccc1-c1ccc(CN2CCC(C(=O)O)C2)cc1. The number of carbonyl (C=O) groups is 1. The number of carboxylic acids is 1. The third kappa shape index (κ3) is 3.54. The molecule has 1 aliphatic heterocycles. The predicted molar refractivity (Wildman–Crippen MR) is 89.4 cm³/mol. The number of hydrogen-bond donors (Lipinski definition) is 1. The molecule has 2 aromatic rings. The highest BCUT2D eigenvalue weighted by molar-refractivity contribution is 5.71. The summed E-state index contributed by atoms with van der Waals surface area (Å²) >= 11 is 0. The molecule has 23 heavy (non-hydrogen) atoms. The summed E-state index contributed by atoms with van der Waals surface area (Å²) in [6, 6.07) is 16.4. The highest BCUT2D eigenvalue weighted by atomic mass is 16.5. The number of carboxylic acid groups (broad SMARTS) is 1. The zero-order valence-electron chi connectivity index (χ0n) is 13.2. The quantitative estimate of drug-likeness (QED) is 0.921. The van der Waals surface area contributed by atoms with Crippen LogP contribution in [0.25, 0.3) is 11.1 Å². The van der Waals surface area contributed by atoms with E-state index in [1.807, 2.05) is 24.3 Å². The lowest BCUT2D eigenvalue weighted by atomic mass is 10.0. The Balaban J connectivity index is 1.69. The fourth-order valence-corrected chi connectivity index (χ4v) is 3.11. The molecule has 1 fully saturated rings. The van der Waals surface area contributed by atoms with Crippen molar-refractivity contribution in [3.63, 3.8) is 0 Å². The number of para-hydroxylation sites is 1. The Morgan fingerprint density at radius 2 is 1.96 bits per heavy atom. The fraction of sp³-hybridized carbons (Fsp3) is 0.316. The zero-order valence-corrected chi connectivity index (χ0v) is 13.2. The maximum Gasteiger partial charge on any atom is 0.307 e. The molecule has 3 rings (SSSR count). The summed E-state index contributed by atoms with van der Waals surface area (Å²) in [4.78, 5) is 13.2. The monoisotopic (exact) mass is 311 g/mol. The zero-order chi connectivity index (χ0) is 16.2. The van der Waals surface area contributed by atoms with Crippen molar-refractivity contribution in [3.8, 4) is 16.9 Å². The highest BCUT2D eigenvalue weighted by Gasteiger charge is 2.27. The van der Waals surface area contributed by atoms with Gasteiger partial charge in [-0.05, 0) is 30.2 Å². The van der Waals surface area contributed by atoms with Gasteiger partial charge in [0.2, 0.25) is 0 Å². The van der Waals surface area contributed by atoms with Crippen LogP contribution in [-0.4, -0.2) is 36.2 Å². The van der Waals surface area contributed by atoms with E-state index in [0.29, 0.717) is 6.54 Å². The maximum atomic E-state index is 11.0. The Hall–Kier alpha value is -2.33. The first-order valence-corrected chi connectivity index (χ1v) is 7.85. The minimum atomic E-state index is -0.681. The molecule has 0 aromatic heterocycles. The van der Waals surface area contributed by atoms with Crippen molar-refractivity contribution in [1.29, 1.82) is 0 Å². The second-order valence-electron chi connectivity index (χ2n) is 5.96. The number of likely N-dealkylation sites (tertiary alicyclic amines) is 1. The molecule has 1 N–H and O–H groups in total. The van der Waals surface area contributed by atoms with Crippen molar-refractivity contribution in [2.45, 2.75) is 13.0 Å². The smallest absolute Gasteiger partial charge is 0.307 e. The van der Waals surface area contributed by atoms with Crippen LogP contribution in [0.1, 0.15) is 12.0 Å². The van der Waals surface area contributed by atoms with Gasteiger partial charge in [0.25, 0.3) is 0 Å². The first-order valence-electron chi connectivity index (χ1n) is 7.85. The van der Waals surface area contributed by atoms with E-state index in [9.17, 15) is 4.79 Å². The van der Waals surface area contributed by atoms with Crippen molar-refractivity contribution in [2.75, 3.05) is 20.2 Å². The van der Waals surface area contributed by atoms with Gasteiger partial charge in [0.1, 0.15) is 5.75 Å². The standard InChI is InChI=1S/C19H21NO3/c1-23-18-5-3-2-4-17(18)15-8-6-14(7-9-15)12-20-11-10-16(13-20)19(21)22/h2-9,16H,10-13H2,1H3,(H,21,22). The van der Waals surface area contributed by atoms with E-state index in [2.05, 4.69) is 29.2 Å². The second kappa shape index (κ2) is 6.84. The van der Waals surface area contributed by atoms with Gasteiger partial charge >= 0.3 is 5.97 Å². The summed E-state index contributed by atoms with van der Waals surface area (Å²) in [5.74, 6) is -0.0361. The van der Waals surface area contributed by atoms with Crippen LogP contribution in [0.2, 0.25) is 0 Å². The van der Waals surface area contributed by atoms with Gasteiger partial charge < -0.3 is 9.84 Å². The van der Waals surface area contributed by atoms with Gasteiger partial charge in [-0.2, -0.15) is 0 Å². The Labute approximate surface area is 136 Å². The molecule has 1 aliphatic rings. The number of methoxy groups -OCH3 is 1. The molecule has 0 radical (unpaired) electrons. The first kappa shape index (κ1) is 15.6. The molecule has 4 nitrogen and oxygen atoms in total. The maximum absolute atomic E-state index is 11.0. The normalized spacial score (nSPS) is 18.0. The number of hydrogen-bond acceptors (Lipinski definition) is 3. The molecule has 1 saturated heterocycles. The molecule has 2 aromatic carbocycles.